The molecule has 2 aromatic rings. The fourth-order valence-electron chi connectivity index (χ4n) is 2.11. The van der Waals surface area contributed by atoms with Crippen LogP contribution in [0.15, 0.2) is 36.4 Å². The second-order valence-corrected chi connectivity index (χ2v) is 4.64. The summed E-state index contributed by atoms with van der Waals surface area (Å²) >= 11 is 0. The lowest BCUT2D eigenvalue weighted by Gasteiger charge is -2.16. The Morgan fingerprint density at radius 2 is 1.76 bits per heavy atom. The van der Waals surface area contributed by atoms with Crippen molar-refractivity contribution in [2.24, 2.45) is 0 Å². The molecule has 2 rings (SSSR count). The van der Waals surface area contributed by atoms with Gasteiger partial charge in [-0.3, -0.25) is 0 Å². The van der Waals surface area contributed by atoms with Crippen LogP contribution in [0.4, 0.5) is 17.6 Å². The monoisotopic (exact) mass is 301 g/mol. The Balaban J connectivity index is 2.17. The van der Waals surface area contributed by atoms with Gasteiger partial charge in [0.05, 0.1) is 13.7 Å². The number of ether oxygens (including phenoxy) is 1. The van der Waals surface area contributed by atoms with Crippen molar-refractivity contribution in [1.29, 1.82) is 0 Å². The minimum Gasteiger partial charge on any atom is -0.496 e. The number of hydrogen-bond acceptors (Lipinski definition) is 2. The van der Waals surface area contributed by atoms with Crippen LogP contribution in [0, 0.1) is 0 Å². The van der Waals surface area contributed by atoms with E-state index >= 15 is 0 Å². The fourth-order valence-corrected chi connectivity index (χ4v) is 2.11. The van der Waals surface area contributed by atoms with Crippen molar-refractivity contribution in [3.8, 4) is 5.75 Å². The smallest absolute Gasteiger partial charge is 0.319 e. The van der Waals surface area contributed by atoms with E-state index in [2.05, 4.69) is 5.32 Å². The molecular weight excluding hydrogens is 286 g/mol. The van der Waals surface area contributed by atoms with E-state index in [9.17, 15) is 17.6 Å². The first-order valence-electron chi connectivity index (χ1n) is 6.37. The molecule has 2 nitrogen and oxygen atoms in total. The second-order valence-electron chi connectivity index (χ2n) is 4.64. The number of benzene rings is 2. The van der Waals surface area contributed by atoms with Crippen molar-refractivity contribution in [3.05, 3.63) is 42.0 Å². The zero-order valence-electron chi connectivity index (χ0n) is 11.4. The summed E-state index contributed by atoms with van der Waals surface area (Å²) in [6, 6.07) is 10.8. The lowest BCUT2D eigenvalue weighted by Crippen LogP contribution is -2.38. The molecule has 0 unspecified atom stereocenters. The molecule has 114 valence electrons. The maximum Gasteiger partial charge on any atom is 0.319 e. The first kappa shape index (κ1) is 15.6. The summed E-state index contributed by atoms with van der Waals surface area (Å²) in [5, 5.41) is 4.07. The summed E-state index contributed by atoms with van der Waals surface area (Å²) in [5.74, 6) is -3.35. The standard InChI is InChI=1S/C15H15F4NO/c1-21-13-7-6-10(11-4-2-3-5-12(11)13)8-20-9-15(18,19)14(16)17/h2-7,14,20H,8-9H2,1H3. The van der Waals surface area contributed by atoms with Crippen molar-refractivity contribution < 1.29 is 22.3 Å². The fraction of sp³-hybridized carbons (Fsp3) is 0.333. The molecule has 21 heavy (non-hydrogen) atoms. The second kappa shape index (κ2) is 6.30. The van der Waals surface area contributed by atoms with Gasteiger partial charge in [-0.05, 0) is 17.0 Å². The Morgan fingerprint density at radius 1 is 1.10 bits per heavy atom. The zero-order chi connectivity index (χ0) is 15.5. The molecule has 0 aliphatic heterocycles. The van der Waals surface area contributed by atoms with Crippen LogP contribution in [-0.2, 0) is 6.54 Å². The highest BCUT2D eigenvalue weighted by Gasteiger charge is 2.39. The van der Waals surface area contributed by atoms with E-state index in [1.54, 1.807) is 19.2 Å². The molecule has 0 saturated carbocycles. The number of fused-ring (bicyclic) bond motifs is 1. The number of methoxy groups -OCH3 is 1. The average Bonchev–Trinajstić information content (AvgIpc) is 2.47. The SMILES string of the molecule is COc1ccc(CNCC(F)(F)C(F)F)c2ccccc12. The predicted octanol–water partition coefficient (Wildman–Crippen LogP) is 3.84. The molecule has 6 heteroatoms. The van der Waals surface area contributed by atoms with Gasteiger partial charge in [0, 0.05) is 11.9 Å². The van der Waals surface area contributed by atoms with Crippen molar-refractivity contribution >= 4 is 10.8 Å². The van der Waals surface area contributed by atoms with Gasteiger partial charge in [0.1, 0.15) is 5.75 Å². The van der Waals surface area contributed by atoms with E-state index in [0.29, 0.717) is 5.75 Å². The summed E-state index contributed by atoms with van der Waals surface area (Å²) in [6.45, 7) is -0.988. The van der Waals surface area contributed by atoms with E-state index in [-0.39, 0.29) is 6.54 Å². The van der Waals surface area contributed by atoms with Gasteiger partial charge in [-0.15, -0.1) is 0 Å². The van der Waals surface area contributed by atoms with E-state index < -0.39 is 18.9 Å². The Kier molecular flexibility index (Phi) is 4.67. The summed E-state index contributed by atoms with van der Waals surface area (Å²) in [4.78, 5) is 0. The predicted molar refractivity (Wildman–Crippen MR) is 73.2 cm³/mol. The molecule has 0 bridgehead atoms. The molecule has 0 saturated heterocycles. The number of rotatable bonds is 6. The highest BCUT2D eigenvalue weighted by Crippen LogP contribution is 2.28. The van der Waals surface area contributed by atoms with E-state index in [4.69, 9.17) is 4.74 Å². The van der Waals surface area contributed by atoms with Gasteiger partial charge in [0.15, 0.2) is 0 Å². The summed E-state index contributed by atoms with van der Waals surface area (Å²) in [6.07, 6.45) is -3.67. The van der Waals surface area contributed by atoms with Crippen molar-refractivity contribution in [2.45, 2.75) is 18.9 Å². The van der Waals surface area contributed by atoms with Gasteiger partial charge in [-0.2, -0.15) is 8.78 Å². The average molecular weight is 301 g/mol. The van der Waals surface area contributed by atoms with Gasteiger partial charge in [-0.1, -0.05) is 30.3 Å². The van der Waals surface area contributed by atoms with Gasteiger partial charge < -0.3 is 10.1 Å². The molecule has 0 amide bonds. The molecule has 0 radical (unpaired) electrons. The zero-order valence-corrected chi connectivity index (χ0v) is 11.4. The van der Waals surface area contributed by atoms with Crippen LogP contribution in [0.2, 0.25) is 0 Å². The van der Waals surface area contributed by atoms with Crippen LogP contribution >= 0.6 is 0 Å². The maximum atomic E-state index is 12.8. The van der Waals surface area contributed by atoms with E-state index in [1.165, 1.54) is 0 Å². The number of nitrogens with one attached hydrogen (secondary N) is 1. The van der Waals surface area contributed by atoms with Gasteiger partial charge in [0.2, 0.25) is 0 Å². The normalized spacial score (nSPS) is 12.1. The molecule has 1 N–H and O–H groups in total. The number of alkyl halides is 4. The van der Waals surface area contributed by atoms with Crippen LogP contribution in [0.3, 0.4) is 0 Å². The number of hydrogen-bond donors (Lipinski definition) is 1. The summed E-state index contributed by atoms with van der Waals surface area (Å²) in [7, 11) is 1.54. The molecule has 2 aromatic carbocycles. The third-order valence-corrected chi connectivity index (χ3v) is 3.19. The van der Waals surface area contributed by atoms with Crippen LogP contribution in [0.1, 0.15) is 5.56 Å². The molecule has 0 aromatic heterocycles. The summed E-state index contributed by atoms with van der Waals surface area (Å²) in [5.41, 5.74) is 0.747. The molecule has 0 atom stereocenters. The van der Waals surface area contributed by atoms with Crippen LogP contribution in [0.5, 0.6) is 5.75 Å². The Hall–Kier alpha value is -1.82. The third-order valence-electron chi connectivity index (χ3n) is 3.19. The van der Waals surface area contributed by atoms with Crippen LogP contribution < -0.4 is 10.1 Å². The van der Waals surface area contributed by atoms with Crippen molar-refractivity contribution in [1.82, 2.24) is 5.32 Å². The quantitative estimate of drug-likeness (QED) is 0.819. The third kappa shape index (κ3) is 3.44. The lowest BCUT2D eigenvalue weighted by atomic mass is 10.0. The minimum absolute atomic E-state index is 0.0762. The highest BCUT2D eigenvalue weighted by molar-refractivity contribution is 5.91. The highest BCUT2D eigenvalue weighted by atomic mass is 19.3. The Morgan fingerprint density at radius 3 is 2.38 bits per heavy atom. The molecule has 0 fully saturated rings. The largest absolute Gasteiger partial charge is 0.496 e. The van der Waals surface area contributed by atoms with Crippen LogP contribution in [-0.4, -0.2) is 26.0 Å². The minimum atomic E-state index is -4.03. The van der Waals surface area contributed by atoms with Crippen molar-refractivity contribution in [2.75, 3.05) is 13.7 Å². The maximum absolute atomic E-state index is 12.8. The van der Waals surface area contributed by atoms with Gasteiger partial charge in [-0.25, -0.2) is 8.78 Å². The molecule has 0 spiro atoms. The Bertz CT molecular complexity index is 616. The van der Waals surface area contributed by atoms with E-state index in [0.717, 1.165) is 16.3 Å². The van der Waals surface area contributed by atoms with Gasteiger partial charge >= 0.3 is 12.3 Å². The first-order chi connectivity index (χ1) is 9.95. The molecular formula is C15H15F4NO. The van der Waals surface area contributed by atoms with Crippen molar-refractivity contribution in [3.63, 3.8) is 0 Å². The van der Waals surface area contributed by atoms with Crippen LogP contribution in [0.25, 0.3) is 10.8 Å². The summed E-state index contributed by atoms with van der Waals surface area (Å²) < 4.78 is 55.1. The lowest BCUT2D eigenvalue weighted by molar-refractivity contribution is -0.125. The first-order valence-corrected chi connectivity index (χ1v) is 6.37. The number of halogens is 4. The molecule has 0 aliphatic rings. The molecule has 0 heterocycles. The van der Waals surface area contributed by atoms with E-state index in [1.807, 2.05) is 24.3 Å². The molecule has 0 aliphatic carbocycles. The topological polar surface area (TPSA) is 21.3 Å². The van der Waals surface area contributed by atoms with Gasteiger partial charge in [0.25, 0.3) is 0 Å². The Labute approximate surface area is 119 Å².